The second kappa shape index (κ2) is 15.9. The number of hydrogen-bond donors (Lipinski definition) is 2. The molecule has 0 spiro atoms. The highest BCUT2D eigenvalue weighted by Gasteiger charge is 2.41. The highest BCUT2D eigenvalue weighted by atomic mass is 35.5. The van der Waals surface area contributed by atoms with Gasteiger partial charge in [0.25, 0.3) is 5.91 Å². The second-order valence-corrected chi connectivity index (χ2v) is 15.2. The van der Waals surface area contributed by atoms with Crippen LogP contribution in [0.3, 0.4) is 0 Å². The number of sulfonamides is 1. The van der Waals surface area contributed by atoms with Crippen LogP contribution in [0.25, 0.3) is 10.9 Å². The van der Waals surface area contributed by atoms with Crippen molar-refractivity contribution in [3.63, 3.8) is 0 Å². The SMILES string of the molecule is Cc1cc(C)c2cccc(OCc3c(Cl)ccc(S(=O)(=O)N4CCC[C@H]4C(=O)N(C)CCCN(C)C(=O)c4ccc(/C(N)=N\O)cc4)c3Cl)c2n1. The van der Waals surface area contributed by atoms with Crippen molar-refractivity contribution < 1.29 is 28.0 Å². The topological polar surface area (TPSA) is 159 Å². The predicted octanol–water partition coefficient (Wildman–Crippen LogP) is 5.61. The maximum atomic E-state index is 14.1. The van der Waals surface area contributed by atoms with E-state index in [1.54, 1.807) is 44.4 Å². The molecule has 2 heterocycles. The van der Waals surface area contributed by atoms with Crippen molar-refractivity contribution in [1.29, 1.82) is 0 Å². The maximum absolute atomic E-state index is 14.1. The zero-order valence-corrected chi connectivity index (χ0v) is 31.1. The number of aromatic nitrogens is 1. The summed E-state index contributed by atoms with van der Waals surface area (Å²) in [5, 5.41) is 12.9. The zero-order chi connectivity index (χ0) is 37.0. The number of benzene rings is 3. The smallest absolute Gasteiger partial charge is 0.253 e. The summed E-state index contributed by atoms with van der Waals surface area (Å²) in [4.78, 5) is 34.0. The Hall–Kier alpha value is -4.43. The van der Waals surface area contributed by atoms with Crippen LogP contribution in [0.4, 0.5) is 0 Å². The van der Waals surface area contributed by atoms with Gasteiger partial charge in [0.05, 0.1) is 5.02 Å². The van der Waals surface area contributed by atoms with Gasteiger partial charge in [-0.2, -0.15) is 4.31 Å². The molecular formula is C36H40Cl2N6O6S. The Bertz CT molecular complexity index is 2090. The lowest BCUT2D eigenvalue weighted by Crippen LogP contribution is -2.47. The Kier molecular flexibility index (Phi) is 11.8. The molecule has 15 heteroatoms. The van der Waals surface area contributed by atoms with Gasteiger partial charge in [-0.25, -0.2) is 13.4 Å². The van der Waals surface area contributed by atoms with E-state index in [2.05, 4.69) is 10.1 Å². The first-order chi connectivity index (χ1) is 24.2. The Labute approximate surface area is 307 Å². The van der Waals surface area contributed by atoms with Gasteiger partial charge in [-0.3, -0.25) is 9.59 Å². The average molecular weight is 756 g/mol. The molecule has 51 heavy (non-hydrogen) atoms. The quantitative estimate of drug-likeness (QED) is 0.0818. The van der Waals surface area contributed by atoms with E-state index in [0.717, 1.165) is 16.6 Å². The number of hydrogen-bond acceptors (Lipinski definition) is 8. The molecule has 270 valence electrons. The van der Waals surface area contributed by atoms with Gasteiger partial charge in [0.15, 0.2) is 5.84 Å². The van der Waals surface area contributed by atoms with Gasteiger partial charge in [-0.15, -0.1) is 0 Å². The minimum atomic E-state index is -4.21. The molecular weight excluding hydrogens is 715 g/mol. The molecule has 4 aromatic rings. The largest absolute Gasteiger partial charge is 0.487 e. The molecule has 0 bridgehead atoms. The van der Waals surface area contributed by atoms with E-state index in [1.165, 1.54) is 26.2 Å². The minimum absolute atomic E-state index is 0.0601. The van der Waals surface area contributed by atoms with Crippen LogP contribution in [0.5, 0.6) is 5.75 Å². The standard InChI is InChI=1S/C36H40Cl2N6O6S/c1-22-20-23(2)40-33-26(22)8-5-10-30(33)50-21-27-28(37)15-16-31(32(27)38)51(48,49)44-19-6-9-29(44)36(46)43(4)18-7-17-42(3)35(45)25-13-11-24(12-14-25)34(39)41-47/h5,8,10-16,20,29,47H,6-7,9,17-19,21H2,1-4H3,(H2,39,41)/t29-/m0/s1. The first-order valence-electron chi connectivity index (χ1n) is 16.3. The first kappa shape index (κ1) is 37.8. The number of ether oxygens (including phenoxy) is 1. The monoisotopic (exact) mass is 754 g/mol. The maximum Gasteiger partial charge on any atom is 0.253 e. The average Bonchev–Trinajstić information content (AvgIpc) is 3.62. The molecule has 0 radical (unpaired) electrons. The highest BCUT2D eigenvalue weighted by molar-refractivity contribution is 7.89. The number of carbonyl (C=O) groups excluding carboxylic acids is 2. The number of carbonyl (C=O) groups is 2. The van der Waals surface area contributed by atoms with Crippen LogP contribution in [0.2, 0.25) is 10.0 Å². The van der Waals surface area contributed by atoms with Crippen molar-refractivity contribution in [3.05, 3.63) is 98.7 Å². The lowest BCUT2D eigenvalue weighted by atomic mass is 10.1. The Morgan fingerprint density at radius 3 is 2.43 bits per heavy atom. The van der Waals surface area contributed by atoms with Crippen LogP contribution < -0.4 is 10.5 Å². The van der Waals surface area contributed by atoms with E-state index in [9.17, 15) is 18.0 Å². The summed E-state index contributed by atoms with van der Waals surface area (Å²) in [6, 6.07) is 15.9. The molecule has 1 aliphatic heterocycles. The molecule has 1 saturated heterocycles. The fraction of sp³-hybridized carbons (Fsp3) is 0.333. The summed E-state index contributed by atoms with van der Waals surface area (Å²) in [6.07, 6.45) is 1.32. The third-order valence-electron chi connectivity index (χ3n) is 8.98. The van der Waals surface area contributed by atoms with E-state index >= 15 is 0 Å². The van der Waals surface area contributed by atoms with Crippen molar-refractivity contribution in [2.75, 3.05) is 33.7 Å². The van der Waals surface area contributed by atoms with Crippen molar-refractivity contribution >= 4 is 61.8 Å². The van der Waals surface area contributed by atoms with Gasteiger partial charge >= 0.3 is 0 Å². The van der Waals surface area contributed by atoms with Crippen LogP contribution in [-0.4, -0.2) is 90.1 Å². The van der Waals surface area contributed by atoms with Crippen LogP contribution in [-0.2, 0) is 21.4 Å². The lowest BCUT2D eigenvalue weighted by Gasteiger charge is -2.28. The fourth-order valence-corrected chi connectivity index (χ4v) is 8.72. The summed E-state index contributed by atoms with van der Waals surface area (Å²) >= 11 is 13.3. The van der Waals surface area contributed by atoms with Gasteiger partial charge in [-0.05, 0) is 75.1 Å². The molecule has 0 unspecified atom stereocenters. The summed E-state index contributed by atoms with van der Waals surface area (Å²) in [5.41, 5.74) is 9.37. The van der Waals surface area contributed by atoms with Crippen molar-refractivity contribution in [1.82, 2.24) is 19.1 Å². The highest BCUT2D eigenvalue weighted by Crippen LogP contribution is 2.37. The van der Waals surface area contributed by atoms with Crippen molar-refractivity contribution in [3.8, 4) is 5.75 Å². The van der Waals surface area contributed by atoms with Gasteiger partial charge in [0, 0.05) is 66.5 Å². The third kappa shape index (κ3) is 8.06. The fourth-order valence-electron chi connectivity index (χ4n) is 6.20. The van der Waals surface area contributed by atoms with Crippen molar-refractivity contribution in [2.45, 2.75) is 50.7 Å². The lowest BCUT2D eigenvalue weighted by molar-refractivity contribution is -0.133. The minimum Gasteiger partial charge on any atom is -0.487 e. The number of oxime groups is 1. The molecule has 0 aliphatic carbocycles. The molecule has 3 N–H and O–H groups in total. The number of amides is 2. The van der Waals surface area contributed by atoms with E-state index in [4.69, 9.17) is 38.9 Å². The normalized spacial score (nSPS) is 15.3. The Morgan fingerprint density at radius 1 is 1.04 bits per heavy atom. The molecule has 2 amide bonds. The number of para-hydroxylation sites is 1. The van der Waals surface area contributed by atoms with E-state index < -0.39 is 16.1 Å². The number of fused-ring (bicyclic) bond motifs is 1. The molecule has 12 nitrogen and oxygen atoms in total. The number of rotatable bonds is 12. The van der Waals surface area contributed by atoms with Crippen LogP contribution >= 0.6 is 23.2 Å². The van der Waals surface area contributed by atoms with Gasteiger partial charge in [0.1, 0.15) is 28.8 Å². The van der Waals surface area contributed by atoms with Gasteiger partial charge in [0.2, 0.25) is 15.9 Å². The number of aryl methyl sites for hydroxylation is 2. The molecule has 1 aromatic heterocycles. The predicted molar refractivity (Wildman–Crippen MR) is 197 cm³/mol. The number of nitrogens with zero attached hydrogens (tertiary/aromatic N) is 5. The number of amidine groups is 1. The van der Waals surface area contributed by atoms with Crippen LogP contribution in [0, 0.1) is 13.8 Å². The van der Waals surface area contributed by atoms with E-state index in [-0.39, 0.29) is 45.7 Å². The molecule has 1 fully saturated rings. The Balaban J connectivity index is 1.24. The number of nitrogens with two attached hydrogens (primary N) is 1. The summed E-state index contributed by atoms with van der Waals surface area (Å²) in [6.45, 7) is 4.60. The zero-order valence-electron chi connectivity index (χ0n) is 28.8. The number of pyridine rings is 1. The Morgan fingerprint density at radius 2 is 1.73 bits per heavy atom. The van der Waals surface area contributed by atoms with Crippen molar-refractivity contribution in [2.24, 2.45) is 10.9 Å². The van der Waals surface area contributed by atoms with E-state index in [1.807, 2.05) is 32.0 Å². The molecule has 1 aliphatic rings. The summed E-state index contributed by atoms with van der Waals surface area (Å²) in [7, 11) is -0.930. The molecule has 3 aromatic carbocycles. The van der Waals surface area contributed by atoms with E-state index in [0.29, 0.717) is 60.3 Å². The van der Waals surface area contributed by atoms with Gasteiger partial charge < -0.3 is 25.5 Å². The summed E-state index contributed by atoms with van der Waals surface area (Å²) in [5.74, 6) is -0.120. The number of likely N-dealkylation sites (N-methyl/N-ethyl adjacent to an activating group) is 1. The molecule has 5 rings (SSSR count). The third-order valence-corrected chi connectivity index (χ3v) is 11.8. The first-order valence-corrected chi connectivity index (χ1v) is 18.5. The van der Waals surface area contributed by atoms with Crippen LogP contribution in [0.1, 0.15) is 52.0 Å². The molecule has 0 saturated carbocycles. The van der Waals surface area contributed by atoms with Crippen LogP contribution in [0.15, 0.2) is 70.7 Å². The summed E-state index contributed by atoms with van der Waals surface area (Å²) < 4.78 is 35.5. The second-order valence-electron chi connectivity index (χ2n) is 12.5. The van der Waals surface area contributed by atoms with Gasteiger partial charge in [-0.1, -0.05) is 52.6 Å². The number of halogens is 2. The molecule has 1 atom stereocenters.